The van der Waals surface area contributed by atoms with Gasteiger partial charge in [0.15, 0.2) is 6.10 Å². The Hall–Kier alpha value is -1.55. The van der Waals surface area contributed by atoms with Crippen LogP contribution in [0.2, 0.25) is 0 Å². The molecule has 0 aromatic heterocycles. The molecule has 0 saturated carbocycles. The Bertz CT molecular complexity index is 373. The molecular weight excluding hydrogens is 208 g/mol. The van der Waals surface area contributed by atoms with E-state index in [1.165, 1.54) is 7.11 Å². The van der Waals surface area contributed by atoms with Gasteiger partial charge in [-0.2, -0.15) is 0 Å². The Labute approximate surface area is 94.8 Å². The van der Waals surface area contributed by atoms with Crippen molar-refractivity contribution < 1.29 is 19.4 Å². The maximum Gasteiger partial charge on any atom is 0.335 e. The number of benzene rings is 1. The summed E-state index contributed by atoms with van der Waals surface area (Å²) in [5.41, 5.74) is 1.84. The van der Waals surface area contributed by atoms with Crippen LogP contribution in [0.3, 0.4) is 0 Å². The highest BCUT2D eigenvalue weighted by Crippen LogP contribution is 2.19. The first-order valence-corrected chi connectivity index (χ1v) is 4.98. The Morgan fingerprint density at radius 1 is 1.44 bits per heavy atom. The van der Waals surface area contributed by atoms with Gasteiger partial charge in [0, 0.05) is 6.42 Å². The van der Waals surface area contributed by atoms with Crippen molar-refractivity contribution in [3.05, 3.63) is 29.3 Å². The van der Waals surface area contributed by atoms with Crippen molar-refractivity contribution in [3.63, 3.8) is 0 Å². The van der Waals surface area contributed by atoms with Gasteiger partial charge in [-0.15, -0.1) is 0 Å². The van der Waals surface area contributed by atoms with Crippen molar-refractivity contribution >= 4 is 5.97 Å². The number of hydrogen-bond acceptors (Lipinski definition) is 4. The maximum atomic E-state index is 11.0. The first kappa shape index (κ1) is 12.5. The summed E-state index contributed by atoms with van der Waals surface area (Å²) in [5, 5.41) is 9.48. The number of carbonyl (C=O) groups excluding carboxylic acids is 1. The molecule has 4 nitrogen and oxygen atoms in total. The van der Waals surface area contributed by atoms with Crippen molar-refractivity contribution in [3.8, 4) is 5.75 Å². The van der Waals surface area contributed by atoms with Crippen LogP contribution in [0, 0.1) is 6.92 Å². The number of methoxy groups -OCH3 is 2. The predicted molar refractivity (Wildman–Crippen MR) is 59.5 cm³/mol. The average Bonchev–Trinajstić information content (AvgIpc) is 2.28. The van der Waals surface area contributed by atoms with Gasteiger partial charge in [-0.05, 0) is 24.1 Å². The Morgan fingerprint density at radius 2 is 2.12 bits per heavy atom. The van der Waals surface area contributed by atoms with Crippen molar-refractivity contribution in [1.29, 1.82) is 0 Å². The van der Waals surface area contributed by atoms with Gasteiger partial charge in [-0.3, -0.25) is 0 Å². The Morgan fingerprint density at radius 3 is 2.62 bits per heavy atom. The minimum absolute atomic E-state index is 0.248. The molecule has 1 aromatic carbocycles. The highest BCUT2D eigenvalue weighted by Gasteiger charge is 2.16. The SMILES string of the molecule is COC(=O)C(O)Cc1ccc(OC)c(C)c1. The lowest BCUT2D eigenvalue weighted by Crippen LogP contribution is -2.24. The highest BCUT2D eigenvalue weighted by molar-refractivity contribution is 5.74. The van der Waals surface area contributed by atoms with Crippen molar-refractivity contribution in [1.82, 2.24) is 0 Å². The molecule has 1 atom stereocenters. The normalized spacial score (nSPS) is 12.0. The van der Waals surface area contributed by atoms with Crippen molar-refractivity contribution in [2.75, 3.05) is 14.2 Å². The Balaban J connectivity index is 2.75. The monoisotopic (exact) mass is 224 g/mol. The lowest BCUT2D eigenvalue weighted by atomic mass is 10.0. The zero-order valence-corrected chi connectivity index (χ0v) is 9.69. The molecule has 0 saturated heterocycles. The van der Waals surface area contributed by atoms with E-state index < -0.39 is 12.1 Å². The van der Waals surface area contributed by atoms with E-state index in [4.69, 9.17) is 4.74 Å². The molecule has 1 aromatic rings. The number of rotatable bonds is 4. The summed E-state index contributed by atoms with van der Waals surface area (Å²) in [6, 6.07) is 5.51. The fraction of sp³-hybridized carbons (Fsp3) is 0.417. The fourth-order valence-corrected chi connectivity index (χ4v) is 1.51. The third-order valence-corrected chi connectivity index (χ3v) is 2.36. The topological polar surface area (TPSA) is 55.8 Å². The van der Waals surface area contributed by atoms with Gasteiger partial charge in [-0.1, -0.05) is 12.1 Å². The Kier molecular flexibility index (Phi) is 4.31. The fourth-order valence-electron chi connectivity index (χ4n) is 1.51. The molecule has 4 heteroatoms. The molecule has 0 bridgehead atoms. The molecule has 88 valence electrons. The molecular formula is C12H16O4. The van der Waals surface area contributed by atoms with Crippen LogP contribution in [0.5, 0.6) is 5.75 Å². The minimum Gasteiger partial charge on any atom is -0.496 e. The predicted octanol–water partition coefficient (Wildman–Crippen LogP) is 1.08. The molecule has 0 amide bonds. The summed E-state index contributed by atoms with van der Waals surface area (Å²) < 4.78 is 9.57. The third-order valence-electron chi connectivity index (χ3n) is 2.36. The molecule has 0 aliphatic carbocycles. The van der Waals surface area contributed by atoms with E-state index in [1.54, 1.807) is 7.11 Å². The quantitative estimate of drug-likeness (QED) is 0.777. The molecule has 0 heterocycles. The van der Waals surface area contributed by atoms with Crippen LogP contribution in [0.4, 0.5) is 0 Å². The highest BCUT2D eigenvalue weighted by atomic mass is 16.5. The van der Waals surface area contributed by atoms with Gasteiger partial charge in [0.2, 0.25) is 0 Å². The van der Waals surface area contributed by atoms with Crippen molar-refractivity contribution in [2.45, 2.75) is 19.4 Å². The van der Waals surface area contributed by atoms with Gasteiger partial charge in [0.25, 0.3) is 0 Å². The number of aliphatic hydroxyl groups excluding tert-OH is 1. The van der Waals surface area contributed by atoms with E-state index in [-0.39, 0.29) is 6.42 Å². The number of ether oxygens (including phenoxy) is 2. The summed E-state index contributed by atoms with van der Waals surface area (Å²) in [7, 11) is 2.86. The van der Waals surface area contributed by atoms with Crippen LogP contribution in [0.1, 0.15) is 11.1 Å². The number of hydrogen-bond donors (Lipinski definition) is 1. The molecule has 1 rings (SSSR count). The van der Waals surface area contributed by atoms with E-state index >= 15 is 0 Å². The first-order chi connectivity index (χ1) is 7.58. The van der Waals surface area contributed by atoms with Crippen LogP contribution in [-0.2, 0) is 16.0 Å². The standard InChI is InChI=1S/C12H16O4/c1-8-6-9(4-5-11(8)15-2)7-10(13)12(14)16-3/h4-6,10,13H,7H2,1-3H3. The summed E-state index contributed by atoms with van der Waals surface area (Å²) in [4.78, 5) is 11.0. The summed E-state index contributed by atoms with van der Waals surface area (Å²) in [5.74, 6) is 0.171. The van der Waals surface area contributed by atoms with E-state index in [9.17, 15) is 9.90 Å². The van der Waals surface area contributed by atoms with E-state index in [1.807, 2.05) is 25.1 Å². The number of esters is 1. The summed E-state index contributed by atoms with van der Waals surface area (Å²) >= 11 is 0. The van der Waals surface area contributed by atoms with E-state index in [0.29, 0.717) is 0 Å². The average molecular weight is 224 g/mol. The number of aliphatic hydroxyl groups is 1. The molecule has 0 spiro atoms. The van der Waals surface area contributed by atoms with Crippen LogP contribution < -0.4 is 4.74 Å². The smallest absolute Gasteiger partial charge is 0.335 e. The largest absolute Gasteiger partial charge is 0.496 e. The zero-order chi connectivity index (χ0) is 12.1. The first-order valence-electron chi connectivity index (χ1n) is 4.98. The van der Waals surface area contributed by atoms with Crippen molar-refractivity contribution in [2.24, 2.45) is 0 Å². The second-order valence-electron chi connectivity index (χ2n) is 3.55. The van der Waals surface area contributed by atoms with Gasteiger partial charge in [0.05, 0.1) is 14.2 Å². The lowest BCUT2D eigenvalue weighted by Gasteiger charge is -2.10. The summed E-state index contributed by atoms with van der Waals surface area (Å²) in [6.45, 7) is 1.91. The molecule has 1 unspecified atom stereocenters. The van der Waals surface area contributed by atoms with Crippen LogP contribution >= 0.6 is 0 Å². The molecule has 16 heavy (non-hydrogen) atoms. The van der Waals surface area contributed by atoms with Crippen LogP contribution in [-0.4, -0.2) is 31.4 Å². The molecule has 0 radical (unpaired) electrons. The molecule has 1 N–H and O–H groups in total. The van der Waals surface area contributed by atoms with Gasteiger partial charge in [-0.25, -0.2) is 4.79 Å². The van der Waals surface area contributed by atoms with E-state index in [2.05, 4.69) is 4.74 Å². The zero-order valence-electron chi connectivity index (χ0n) is 9.69. The van der Waals surface area contributed by atoms with Crippen LogP contribution in [0.15, 0.2) is 18.2 Å². The molecule has 0 aliphatic heterocycles. The van der Waals surface area contributed by atoms with Crippen LogP contribution in [0.25, 0.3) is 0 Å². The number of carbonyl (C=O) groups is 1. The number of aryl methyl sites for hydroxylation is 1. The summed E-state index contributed by atoms with van der Waals surface area (Å²) in [6.07, 6.45) is -0.866. The molecule has 0 aliphatic rings. The lowest BCUT2D eigenvalue weighted by molar-refractivity contribution is -0.150. The maximum absolute atomic E-state index is 11.0. The van der Waals surface area contributed by atoms with Gasteiger partial charge in [0.1, 0.15) is 5.75 Å². The van der Waals surface area contributed by atoms with E-state index in [0.717, 1.165) is 16.9 Å². The third kappa shape index (κ3) is 2.97. The second-order valence-corrected chi connectivity index (χ2v) is 3.55. The minimum atomic E-state index is -1.11. The second kappa shape index (κ2) is 5.51. The van der Waals surface area contributed by atoms with Gasteiger partial charge >= 0.3 is 5.97 Å². The van der Waals surface area contributed by atoms with Gasteiger partial charge < -0.3 is 14.6 Å². The molecule has 0 fully saturated rings.